The molecule has 0 radical (unpaired) electrons. The van der Waals surface area contributed by atoms with E-state index in [0.29, 0.717) is 5.57 Å². The molecule has 0 aromatic heterocycles. The molecule has 0 bridgehead atoms. The smallest absolute Gasteiger partial charge is 0.339 e. The van der Waals surface area contributed by atoms with Crippen molar-refractivity contribution < 1.29 is 9.53 Å². The molecule has 0 fully saturated rings. The Hall–Kier alpha value is -2.61. The van der Waals surface area contributed by atoms with Crippen molar-refractivity contribution in [2.24, 2.45) is 11.8 Å². The third-order valence-electron chi connectivity index (χ3n) is 5.11. The van der Waals surface area contributed by atoms with Gasteiger partial charge in [0.1, 0.15) is 0 Å². The quantitative estimate of drug-likeness (QED) is 0.250. The lowest BCUT2D eigenvalue weighted by molar-refractivity contribution is -0.146. The Balaban J connectivity index is 4.03. The lowest BCUT2D eigenvalue weighted by Gasteiger charge is -2.41. The summed E-state index contributed by atoms with van der Waals surface area (Å²) in [6.45, 7) is 19.9. The van der Waals surface area contributed by atoms with Crippen LogP contribution in [0.1, 0.15) is 41.5 Å². The second kappa shape index (κ2) is 10.7. The summed E-state index contributed by atoms with van der Waals surface area (Å²) in [4.78, 5) is 13.0. The third kappa shape index (κ3) is 4.27. The molecule has 3 atom stereocenters. The number of carbonyl (C=O) groups excluding carboxylic acids is 1. The molecule has 1 aliphatic heterocycles. The van der Waals surface area contributed by atoms with Crippen LogP contribution in [0.4, 0.5) is 0 Å². The van der Waals surface area contributed by atoms with Crippen molar-refractivity contribution in [2.75, 3.05) is 0 Å². The first-order chi connectivity index (χ1) is 13.4. The molecule has 1 aliphatic rings. The molecular formula is C26H34O2. The number of rotatable bonds is 9. The minimum atomic E-state index is -0.947. The Bertz CT molecular complexity index is 783. The lowest BCUT2D eigenvalue weighted by atomic mass is 9.68. The third-order valence-corrected chi connectivity index (χ3v) is 5.11. The van der Waals surface area contributed by atoms with Crippen molar-refractivity contribution in [1.82, 2.24) is 0 Å². The van der Waals surface area contributed by atoms with E-state index in [1.165, 1.54) is 0 Å². The Morgan fingerprint density at radius 2 is 1.71 bits per heavy atom. The van der Waals surface area contributed by atoms with Crippen molar-refractivity contribution in [1.29, 1.82) is 0 Å². The van der Waals surface area contributed by atoms with Crippen molar-refractivity contribution in [3.05, 3.63) is 96.2 Å². The fourth-order valence-electron chi connectivity index (χ4n) is 4.09. The van der Waals surface area contributed by atoms with Crippen LogP contribution in [0, 0.1) is 11.8 Å². The molecule has 150 valence electrons. The number of carbonyl (C=O) groups is 1. The molecule has 1 heterocycles. The highest BCUT2D eigenvalue weighted by molar-refractivity contribution is 5.98. The lowest BCUT2D eigenvalue weighted by Crippen LogP contribution is -2.44. The number of cyclic esters (lactones) is 1. The van der Waals surface area contributed by atoms with Gasteiger partial charge in [0, 0.05) is 11.5 Å². The highest BCUT2D eigenvalue weighted by Crippen LogP contribution is 2.50. The number of hydrogen-bond donors (Lipinski definition) is 0. The summed E-state index contributed by atoms with van der Waals surface area (Å²) in [5, 5.41) is 0. The van der Waals surface area contributed by atoms with Gasteiger partial charge in [-0.15, -0.1) is 0 Å². The van der Waals surface area contributed by atoms with Gasteiger partial charge in [-0.1, -0.05) is 80.8 Å². The van der Waals surface area contributed by atoms with Crippen LogP contribution in [-0.4, -0.2) is 11.6 Å². The van der Waals surface area contributed by atoms with E-state index in [2.05, 4.69) is 32.2 Å². The Morgan fingerprint density at radius 3 is 2.18 bits per heavy atom. The van der Waals surface area contributed by atoms with E-state index in [0.717, 1.165) is 16.7 Å². The van der Waals surface area contributed by atoms with Crippen LogP contribution in [0.25, 0.3) is 0 Å². The van der Waals surface area contributed by atoms with Crippen LogP contribution in [0.5, 0.6) is 0 Å². The average molecular weight is 379 g/mol. The van der Waals surface area contributed by atoms with Gasteiger partial charge < -0.3 is 4.74 Å². The van der Waals surface area contributed by atoms with Gasteiger partial charge in [-0.2, -0.15) is 0 Å². The van der Waals surface area contributed by atoms with Crippen LogP contribution < -0.4 is 0 Å². The van der Waals surface area contributed by atoms with E-state index in [1.807, 2.05) is 71.1 Å². The predicted octanol–water partition coefficient (Wildman–Crippen LogP) is 6.82. The molecule has 1 rings (SSSR count). The van der Waals surface area contributed by atoms with Gasteiger partial charge in [0.15, 0.2) is 5.60 Å². The summed E-state index contributed by atoms with van der Waals surface area (Å²) >= 11 is 0. The van der Waals surface area contributed by atoms with Crippen LogP contribution in [-0.2, 0) is 9.53 Å². The SMILES string of the molecule is C=C/C=C(C)\C(=C/C)C1(C(/C=C\C)C(C)/C=C\C)OC(=O)C(/C=C\C)=C1C=C. The monoisotopic (exact) mass is 378 g/mol. The van der Waals surface area contributed by atoms with Crippen molar-refractivity contribution in [3.8, 4) is 0 Å². The van der Waals surface area contributed by atoms with Crippen molar-refractivity contribution in [3.63, 3.8) is 0 Å². The number of esters is 1. The zero-order valence-electron chi connectivity index (χ0n) is 18.2. The summed E-state index contributed by atoms with van der Waals surface area (Å²) in [7, 11) is 0. The molecule has 28 heavy (non-hydrogen) atoms. The normalized spacial score (nSPS) is 23.7. The molecule has 0 aliphatic carbocycles. The molecule has 0 aromatic carbocycles. The summed E-state index contributed by atoms with van der Waals surface area (Å²) in [6.07, 6.45) is 19.5. The molecule has 3 unspecified atom stereocenters. The first-order valence-corrected chi connectivity index (χ1v) is 9.84. The van der Waals surface area contributed by atoms with Gasteiger partial charge in [-0.05, 0) is 51.7 Å². The Morgan fingerprint density at radius 1 is 1.07 bits per heavy atom. The van der Waals surface area contributed by atoms with Gasteiger partial charge >= 0.3 is 5.97 Å². The maximum atomic E-state index is 13.0. The Labute approximate surface area is 171 Å². The summed E-state index contributed by atoms with van der Waals surface area (Å²) in [5.74, 6) is -0.269. The van der Waals surface area contributed by atoms with Crippen LogP contribution >= 0.6 is 0 Å². The van der Waals surface area contributed by atoms with Crippen molar-refractivity contribution in [2.45, 2.75) is 47.1 Å². The topological polar surface area (TPSA) is 26.3 Å². The second-order valence-electron chi connectivity index (χ2n) is 6.88. The molecule has 0 amide bonds. The van der Waals surface area contributed by atoms with Gasteiger partial charge in [-0.25, -0.2) is 4.79 Å². The van der Waals surface area contributed by atoms with Gasteiger partial charge in [0.25, 0.3) is 0 Å². The van der Waals surface area contributed by atoms with E-state index >= 15 is 0 Å². The van der Waals surface area contributed by atoms with Gasteiger partial charge in [0.2, 0.25) is 0 Å². The molecule has 0 aromatic rings. The highest BCUT2D eigenvalue weighted by Gasteiger charge is 2.54. The minimum absolute atomic E-state index is 0.0900. The fraction of sp³-hybridized carbons (Fsp3) is 0.346. The Kier molecular flexibility index (Phi) is 8.91. The molecule has 0 spiro atoms. The van der Waals surface area contributed by atoms with Crippen LogP contribution in [0.2, 0.25) is 0 Å². The van der Waals surface area contributed by atoms with Crippen LogP contribution in [0.15, 0.2) is 96.2 Å². The maximum Gasteiger partial charge on any atom is 0.339 e. The maximum absolute atomic E-state index is 13.0. The molecule has 0 saturated heterocycles. The first kappa shape index (κ1) is 23.4. The van der Waals surface area contributed by atoms with Gasteiger partial charge in [0.05, 0.1) is 5.57 Å². The van der Waals surface area contributed by atoms with E-state index in [4.69, 9.17) is 4.74 Å². The molecule has 0 N–H and O–H groups in total. The van der Waals surface area contributed by atoms with Crippen molar-refractivity contribution >= 4 is 5.97 Å². The van der Waals surface area contributed by atoms with Crippen LogP contribution in [0.3, 0.4) is 0 Å². The largest absolute Gasteiger partial charge is 0.445 e. The molecular weight excluding hydrogens is 344 g/mol. The van der Waals surface area contributed by atoms with Gasteiger partial charge in [-0.3, -0.25) is 0 Å². The zero-order valence-corrected chi connectivity index (χ0v) is 18.2. The van der Waals surface area contributed by atoms with E-state index in [1.54, 1.807) is 12.2 Å². The first-order valence-electron chi connectivity index (χ1n) is 9.84. The molecule has 0 saturated carbocycles. The minimum Gasteiger partial charge on any atom is -0.445 e. The summed E-state index contributed by atoms with van der Waals surface area (Å²) in [6, 6.07) is 0. The van der Waals surface area contributed by atoms with E-state index < -0.39 is 5.60 Å². The van der Waals surface area contributed by atoms with E-state index in [9.17, 15) is 4.79 Å². The second-order valence-corrected chi connectivity index (χ2v) is 6.88. The summed E-state index contributed by atoms with van der Waals surface area (Å²) < 4.78 is 6.26. The highest BCUT2D eigenvalue weighted by atomic mass is 16.6. The fourth-order valence-corrected chi connectivity index (χ4v) is 4.09. The number of hydrogen-bond acceptors (Lipinski definition) is 2. The number of allylic oxidation sites excluding steroid dienone is 7. The zero-order chi connectivity index (χ0) is 21.3. The molecule has 2 heteroatoms. The number of ether oxygens (including phenoxy) is 1. The average Bonchev–Trinajstić information content (AvgIpc) is 2.93. The predicted molar refractivity (Wildman–Crippen MR) is 121 cm³/mol. The molecule has 2 nitrogen and oxygen atoms in total. The van der Waals surface area contributed by atoms with E-state index in [-0.39, 0.29) is 17.8 Å². The standard InChI is InChI=1S/C26H34O2/c1-9-15-19(7)22(13-5)26(24(18-12-4)20(8)16-10-2)23(14-6)21(17-11-3)25(27)28-26/h9-18,20,24H,1,6H2,2-5,7-8H3/b16-10-,17-11-,18-12-,19-15-,22-13+. The summed E-state index contributed by atoms with van der Waals surface area (Å²) in [5.41, 5.74) is 2.38.